The van der Waals surface area contributed by atoms with E-state index in [0.29, 0.717) is 0 Å². The fraction of sp³-hybridized carbons (Fsp3) is 0.294. The molecule has 0 spiro atoms. The predicted octanol–water partition coefficient (Wildman–Crippen LogP) is 9.73. The highest BCUT2D eigenvalue weighted by Gasteiger charge is 2.56. The first-order valence-electron chi connectivity index (χ1n) is 12.7. The normalized spacial score (nSPS) is 17.1. The van der Waals surface area contributed by atoms with Crippen LogP contribution in [0.5, 0.6) is 0 Å². The maximum absolute atomic E-state index is 2.47. The molecule has 1 aliphatic carbocycles. The molecule has 0 heterocycles. The van der Waals surface area contributed by atoms with Crippen molar-refractivity contribution in [3.8, 4) is 11.1 Å². The van der Waals surface area contributed by atoms with Crippen LogP contribution in [-0.2, 0) is 10.8 Å². The van der Waals surface area contributed by atoms with Crippen LogP contribution in [0.1, 0.15) is 58.2 Å². The van der Waals surface area contributed by atoms with Gasteiger partial charge in [0.2, 0.25) is 0 Å². The lowest BCUT2D eigenvalue weighted by Gasteiger charge is -2.44. The zero-order chi connectivity index (χ0) is 25.0. The van der Waals surface area contributed by atoms with Crippen LogP contribution >= 0.6 is 0 Å². The molecule has 1 heteroatoms. The molecule has 0 aromatic heterocycles. The average molecular weight is 460 g/mol. The second-order valence-corrected chi connectivity index (χ2v) is 11.6. The first-order valence-corrected chi connectivity index (χ1v) is 12.7. The number of para-hydroxylation sites is 2. The third kappa shape index (κ3) is 3.52. The van der Waals surface area contributed by atoms with Crippen LogP contribution in [0, 0.1) is 12.3 Å². The molecule has 0 fully saturated rings. The van der Waals surface area contributed by atoms with Crippen molar-refractivity contribution in [3.05, 3.63) is 114 Å². The smallest absolute Gasteiger partial charge is 0.0467 e. The average Bonchev–Trinajstić information content (AvgIpc) is 2.95. The van der Waals surface area contributed by atoms with Gasteiger partial charge in [0.05, 0.1) is 0 Å². The van der Waals surface area contributed by atoms with Gasteiger partial charge in [-0.3, -0.25) is 0 Å². The highest BCUT2D eigenvalue weighted by molar-refractivity contribution is 5.81. The van der Waals surface area contributed by atoms with E-state index in [4.69, 9.17) is 0 Å². The fourth-order valence-corrected chi connectivity index (χ4v) is 5.89. The molecule has 0 aliphatic heterocycles. The summed E-state index contributed by atoms with van der Waals surface area (Å²) in [6.45, 7) is 16.7. The Morgan fingerprint density at radius 1 is 0.514 bits per heavy atom. The molecule has 0 saturated carbocycles. The van der Waals surface area contributed by atoms with Crippen LogP contribution in [0.15, 0.2) is 97.1 Å². The van der Waals surface area contributed by atoms with Gasteiger partial charge in [-0.2, -0.15) is 0 Å². The minimum absolute atomic E-state index is 0.0907. The zero-order valence-electron chi connectivity index (χ0n) is 22.2. The molecule has 0 saturated heterocycles. The van der Waals surface area contributed by atoms with E-state index in [1.807, 2.05) is 0 Å². The number of anilines is 3. The van der Waals surface area contributed by atoms with E-state index in [2.05, 4.69) is 150 Å². The SMILES string of the molecule is Cc1ccc(N(c2ccccc2)c2ccccc2)cc1-c1ccc2c(c1)C(C)(C)C(C)(C)C2(C)C. The van der Waals surface area contributed by atoms with E-state index in [1.165, 1.54) is 33.5 Å². The fourth-order valence-electron chi connectivity index (χ4n) is 5.89. The van der Waals surface area contributed by atoms with Crippen LogP contribution in [0.4, 0.5) is 17.1 Å². The molecule has 0 atom stereocenters. The molecule has 1 aliphatic rings. The molecule has 4 aromatic carbocycles. The van der Waals surface area contributed by atoms with E-state index < -0.39 is 0 Å². The molecule has 178 valence electrons. The number of rotatable bonds is 4. The van der Waals surface area contributed by atoms with Crippen molar-refractivity contribution < 1.29 is 0 Å². The Morgan fingerprint density at radius 2 is 1.06 bits per heavy atom. The number of nitrogens with zero attached hydrogens (tertiary/aromatic N) is 1. The van der Waals surface area contributed by atoms with Crippen LogP contribution < -0.4 is 4.90 Å². The van der Waals surface area contributed by atoms with E-state index in [0.717, 1.165) is 11.4 Å². The summed E-state index contributed by atoms with van der Waals surface area (Å²) in [5.41, 5.74) is 10.7. The van der Waals surface area contributed by atoms with E-state index in [1.54, 1.807) is 0 Å². The van der Waals surface area contributed by atoms with Crippen LogP contribution in [0.25, 0.3) is 11.1 Å². The van der Waals surface area contributed by atoms with Gasteiger partial charge in [-0.05, 0) is 87.4 Å². The van der Waals surface area contributed by atoms with Gasteiger partial charge in [0.1, 0.15) is 0 Å². The molecule has 0 bridgehead atoms. The van der Waals surface area contributed by atoms with E-state index in [9.17, 15) is 0 Å². The Hall–Kier alpha value is -3.32. The molecule has 1 nitrogen and oxygen atoms in total. The van der Waals surface area contributed by atoms with Gasteiger partial charge in [0.15, 0.2) is 0 Å². The lowest BCUT2D eigenvalue weighted by atomic mass is 9.59. The summed E-state index contributed by atoms with van der Waals surface area (Å²) >= 11 is 0. The molecule has 0 amide bonds. The van der Waals surface area contributed by atoms with Crippen molar-refractivity contribution in [2.24, 2.45) is 5.41 Å². The van der Waals surface area contributed by atoms with Gasteiger partial charge in [0, 0.05) is 17.1 Å². The van der Waals surface area contributed by atoms with Gasteiger partial charge in [-0.1, -0.05) is 102 Å². The number of benzene rings is 4. The lowest BCUT2D eigenvalue weighted by molar-refractivity contribution is 0.125. The third-order valence-corrected chi connectivity index (χ3v) is 9.31. The Labute approximate surface area is 211 Å². The second kappa shape index (κ2) is 8.12. The maximum Gasteiger partial charge on any atom is 0.0467 e. The predicted molar refractivity (Wildman–Crippen MR) is 151 cm³/mol. The van der Waals surface area contributed by atoms with Crippen molar-refractivity contribution in [2.75, 3.05) is 4.90 Å². The molecule has 5 rings (SSSR count). The summed E-state index contributed by atoms with van der Waals surface area (Å²) in [7, 11) is 0. The van der Waals surface area contributed by atoms with E-state index >= 15 is 0 Å². The first-order chi connectivity index (χ1) is 16.6. The molecule has 0 unspecified atom stereocenters. The summed E-state index contributed by atoms with van der Waals surface area (Å²) in [6.07, 6.45) is 0. The van der Waals surface area contributed by atoms with Crippen LogP contribution in [-0.4, -0.2) is 0 Å². The minimum atomic E-state index is 0.0907. The van der Waals surface area contributed by atoms with Crippen molar-refractivity contribution in [2.45, 2.75) is 59.3 Å². The summed E-state index contributed by atoms with van der Waals surface area (Å²) in [6, 6.07) is 35.3. The Morgan fingerprint density at radius 3 is 1.63 bits per heavy atom. The van der Waals surface area contributed by atoms with Crippen molar-refractivity contribution in [1.82, 2.24) is 0 Å². The molecule has 35 heavy (non-hydrogen) atoms. The highest BCUT2D eigenvalue weighted by Crippen LogP contribution is 2.61. The van der Waals surface area contributed by atoms with E-state index in [-0.39, 0.29) is 16.2 Å². The van der Waals surface area contributed by atoms with Gasteiger partial charge in [-0.15, -0.1) is 0 Å². The largest absolute Gasteiger partial charge is 0.310 e. The van der Waals surface area contributed by atoms with Gasteiger partial charge in [-0.25, -0.2) is 0 Å². The molecular weight excluding hydrogens is 422 g/mol. The monoisotopic (exact) mass is 459 g/mol. The molecule has 0 N–H and O–H groups in total. The Kier molecular flexibility index (Phi) is 5.44. The van der Waals surface area contributed by atoms with Gasteiger partial charge in [0.25, 0.3) is 0 Å². The number of hydrogen-bond acceptors (Lipinski definition) is 1. The maximum atomic E-state index is 2.47. The zero-order valence-corrected chi connectivity index (χ0v) is 22.2. The van der Waals surface area contributed by atoms with Crippen molar-refractivity contribution in [3.63, 3.8) is 0 Å². The van der Waals surface area contributed by atoms with Crippen LogP contribution in [0.3, 0.4) is 0 Å². The number of hydrogen-bond donors (Lipinski definition) is 0. The summed E-state index contributed by atoms with van der Waals surface area (Å²) in [5, 5.41) is 0. The van der Waals surface area contributed by atoms with Gasteiger partial charge < -0.3 is 4.90 Å². The summed E-state index contributed by atoms with van der Waals surface area (Å²) in [5.74, 6) is 0. The topological polar surface area (TPSA) is 3.24 Å². The third-order valence-electron chi connectivity index (χ3n) is 9.31. The van der Waals surface area contributed by atoms with Gasteiger partial charge >= 0.3 is 0 Å². The molecular formula is C34H37N. The van der Waals surface area contributed by atoms with Crippen LogP contribution in [0.2, 0.25) is 0 Å². The molecule has 4 aromatic rings. The molecule has 0 radical (unpaired) electrons. The number of fused-ring (bicyclic) bond motifs is 1. The minimum Gasteiger partial charge on any atom is -0.310 e. The first kappa shape index (κ1) is 23.4. The lowest BCUT2D eigenvalue weighted by Crippen LogP contribution is -2.42. The Balaban J connectivity index is 1.66. The van der Waals surface area contributed by atoms with Crippen molar-refractivity contribution in [1.29, 1.82) is 0 Å². The highest BCUT2D eigenvalue weighted by atomic mass is 15.1. The standard InChI is InChI=1S/C34H37N/c1-24-18-20-28(35(26-14-10-8-11-15-26)27-16-12-9-13-17-27)23-29(24)25-19-21-30-31(22-25)33(4,5)34(6,7)32(30,2)3/h8-23H,1-7H3. The summed E-state index contributed by atoms with van der Waals surface area (Å²) < 4.78 is 0. The van der Waals surface area contributed by atoms with Crippen molar-refractivity contribution >= 4 is 17.1 Å². The Bertz CT molecular complexity index is 1320. The summed E-state index contributed by atoms with van der Waals surface area (Å²) in [4.78, 5) is 2.34. The number of aryl methyl sites for hydroxylation is 1. The second-order valence-electron chi connectivity index (χ2n) is 11.6. The quantitative estimate of drug-likeness (QED) is 0.293.